The van der Waals surface area contributed by atoms with Crippen LogP contribution in [-0.2, 0) is 0 Å². The lowest BCUT2D eigenvalue weighted by Crippen LogP contribution is -2.02. The van der Waals surface area contributed by atoms with Gasteiger partial charge in [-0.1, -0.05) is 80.6 Å². The van der Waals surface area contributed by atoms with Gasteiger partial charge in [-0.15, -0.1) is 0 Å². The molecule has 1 heteroatoms. The van der Waals surface area contributed by atoms with Crippen molar-refractivity contribution in [2.24, 2.45) is 0 Å². The van der Waals surface area contributed by atoms with E-state index in [9.17, 15) is 0 Å². The Labute approximate surface area is 134 Å². The SMILES string of the molecule is Cc1ccc(C#Cc2ccc(Pc3ccccc3)cc2)cc1. The zero-order valence-corrected chi connectivity index (χ0v) is 13.5. The second-order valence-corrected chi connectivity index (χ2v) is 6.59. The summed E-state index contributed by atoms with van der Waals surface area (Å²) in [6, 6.07) is 27.4. The van der Waals surface area contributed by atoms with Crippen LogP contribution in [0.15, 0.2) is 78.9 Å². The fourth-order valence-electron chi connectivity index (χ4n) is 2.11. The number of rotatable bonds is 2. The van der Waals surface area contributed by atoms with Crippen molar-refractivity contribution in [3.05, 3.63) is 95.6 Å². The fraction of sp³-hybridized carbons (Fsp3) is 0.0476. The average Bonchev–Trinajstić information content (AvgIpc) is 2.57. The highest BCUT2D eigenvalue weighted by Crippen LogP contribution is 2.10. The molecule has 0 radical (unpaired) electrons. The molecule has 0 nitrogen and oxygen atoms in total. The monoisotopic (exact) mass is 300 g/mol. The maximum absolute atomic E-state index is 3.22. The predicted molar refractivity (Wildman–Crippen MR) is 97.6 cm³/mol. The van der Waals surface area contributed by atoms with Crippen molar-refractivity contribution in [1.29, 1.82) is 0 Å². The first-order chi connectivity index (χ1) is 10.8. The molecule has 106 valence electrons. The zero-order valence-electron chi connectivity index (χ0n) is 12.5. The van der Waals surface area contributed by atoms with E-state index in [0.29, 0.717) is 8.58 Å². The third-order valence-corrected chi connectivity index (χ3v) is 4.59. The lowest BCUT2D eigenvalue weighted by molar-refractivity contribution is 1.46. The van der Waals surface area contributed by atoms with E-state index in [1.54, 1.807) is 0 Å². The number of aryl methyl sites for hydroxylation is 1. The van der Waals surface area contributed by atoms with E-state index in [-0.39, 0.29) is 0 Å². The van der Waals surface area contributed by atoms with E-state index in [1.165, 1.54) is 16.2 Å². The summed E-state index contributed by atoms with van der Waals surface area (Å²) < 4.78 is 0. The molecular weight excluding hydrogens is 283 g/mol. The Morgan fingerprint density at radius 1 is 0.591 bits per heavy atom. The Morgan fingerprint density at radius 2 is 1.09 bits per heavy atom. The molecule has 0 N–H and O–H groups in total. The minimum absolute atomic E-state index is 0.698. The second-order valence-electron chi connectivity index (χ2n) is 5.18. The molecule has 1 atom stereocenters. The van der Waals surface area contributed by atoms with Crippen molar-refractivity contribution in [3.8, 4) is 11.8 Å². The van der Waals surface area contributed by atoms with Gasteiger partial charge in [0.2, 0.25) is 0 Å². The Bertz CT molecular complexity index is 789. The molecule has 3 rings (SSSR count). The van der Waals surface area contributed by atoms with Gasteiger partial charge >= 0.3 is 0 Å². The normalized spacial score (nSPS) is 10.4. The van der Waals surface area contributed by atoms with Gasteiger partial charge in [0.15, 0.2) is 0 Å². The van der Waals surface area contributed by atoms with Gasteiger partial charge < -0.3 is 0 Å². The summed E-state index contributed by atoms with van der Waals surface area (Å²) in [6.07, 6.45) is 0. The van der Waals surface area contributed by atoms with E-state index < -0.39 is 0 Å². The molecule has 0 aromatic heterocycles. The maximum Gasteiger partial charge on any atom is 0.0249 e. The average molecular weight is 300 g/mol. The van der Waals surface area contributed by atoms with Gasteiger partial charge in [0, 0.05) is 11.1 Å². The molecule has 0 aliphatic rings. The summed E-state index contributed by atoms with van der Waals surface area (Å²) >= 11 is 0. The third kappa shape index (κ3) is 4.08. The molecule has 0 saturated carbocycles. The van der Waals surface area contributed by atoms with Crippen LogP contribution in [0.1, 0.15) is 16.7 Å². The summed E-state index contributed by atoms with van der Waals surface area (Å²) in [5, 5.41) is 2.70. The van der Waals surface area contributed by atoms with Gasteiger partial charge in [-0.25, -0.2) is 0 Å². The van der Waals surface area contributed by atoms with Crippen LogP contribution in [0.4, 0.5) is 0 Å². The fourth-order valence-corrected chi connectivity index (χ4v) is 3.13. The van der Waals surface area contributed by atoms with E-state index in [0.717, 1.165) is 11.1 Å². The number of benzene rings is 3. The highest BCUT2D eigenvalue weighted by molar-refractivity contribution is 7.55. The van der Waals surface area contributed by atoms with Crippen molar-refractivity contribution in [3.63, 3.8) is 0 Å². The molecule has 0 fully saturated rings. The first-order valence-corrected chi connectivity index (χ1v) is 8.30. The highest BCUT2D eigenvalue weighted by Gasteiger charge is 1.95. The van der Waals surface area contributed by atoms with Gasteiger partial charge in [-0.05, 0) is 41.8 Å². The highest BCUT2D eigenvalue weighted by atomic mass is 31.1. The molecule has 0 aliphatic carbocycles. The topological polar surface area (TPSA) is 0 Å². The lowest BCUT2D eigenvalue weighted by atomic mass is 10.1. The summed E-state index contributed by atoms with van der Waals surface area (Å²) in [5.41, 5.74) is 3.37. The van der Waals surface area contributed by atoms with Crippen molar-refractivity contribution in [1.82, 2.24) is 0 Å². The van der Waals surface area contributed by atoms with Crippen LogP contribution in [0.3, 0.4) is 0 Å². The van der Waals surface area contributed by atoms with Crippen LogP contribution < -0.4 is 10.6 Å². The maximum atomic E-state index is 3.22. The molecule has 0 heterocycles. The molecule has 1 unspecified atom stereocenters. The minimum Gasteiger partial charge on any atom is -0.0622 e. The van der Waals surface area contributed by atoms with Gasteiger partial charge in [0.25, 0.3) is 0 Å². The van der Waals surface area contributed by atoms with E-state index in [2.05, 4.69) is 97.6 Å². The third-order valence-electron chi connectivity index (χ3n) is 3.35. The van der Waals surface area contributed by atoms with Crippen LogP contribution >= 0.6 is 8.58 Å². The van der Waals surface area contributed by atoms with Gasteiger partial charge in [0.1, 0.15) is 0 Å². The Morgan fingerprint density at radius 3 is 1.68 bits per heavy atom. The molecule has 0 spiro atoms. The first-order valence-electron chi connectivity index (χ1n) is 7.30. The largest absolute Gasteiger partial charge is 0.0622 e. The smallest absolute Gasteiger partial charge is 0.0249 e. The first kappa shape index (κ1) is 14.6. The van der Waals surface area contributed by atoms with Crippen molar-refractivity contribution < 1.29 is 0 Å². The predicted octanol–water partition coefficient (Wildman–Crippen LogP) is 4.02. The van der Waals surface area contributed by atoms with Crippen LogP contribution in [0.5, 0.6) is 0 Å². The van der Waals surface area contributed by atoms with Gasteiger partial charge in [-0.3, -0.25) is 0 Å². The number of hydrogen-bond acceptors (Lipinski definition) is 0. The van der Waals surface area contributed by atoms with Crippen LogP contribution in [0, 0.1) is 18.8 Å². The molecule has 0 aliphatic heterocycles. The second kappa shape index (κ2) is 7.08. The molecule has 0 amide bonds. The standard InChI is InChI=1S/C21H17P/c1-17-7-9-18(10-8-17)11-12-19-13-15-21(16-14-19)22-20-5-3-2-4-6-20/h2-10,13-16,22H,1H3. The van der Waals surface area contributed by atoms with Crippen molar-refractivity contribution in [2.75, 3.05) is 0 Å². The Balaban J connectivity index is 1.71. The quantitative estimate of drug-likeness (QED) is 0.495. The Kier molecular flexibility index (Phi) is 4.69. The Hall–Kier alpha value is -2.35. The number of hydrogen-bond donors (Lipinski definition) is 0. The molecule has 3 aromatic rings. The molecule has 0 bridgehead atoms. The van der Waals surface area contributed by atoms with E-state index >= 15 is 0 Å². The van der Waals surface area contributed by atoms with E-state index in [4.69, 9.17) is 0 Å². The summed E-state index contributed by atoms with van der Waals surface area (Å²) in [5.74, 6) is 6.43. The van der Waals surface area contributed by atoms with Crippen molar-refractivity contribution in [2.45, 2.75) is 6.92 Å². The lowest BCUT2D eigenvalue weighted by Gasteiger charge is -2.01. The van der Waals surface area contributed by atoms with Crippen LogP contribution in [-0.4, -0.2) is 0 Å². The minimum atomic E-state index is 0.698. The van der Waals surface area contributed by atoms with Crippen molar-refractivity contribution >= 4 is 19.2 Å². The molecule has 3 aromatic carbocycles. The van der Waals surface area contributed by atoms with Gasteiger partial charge in [-0.2, -0.15) is 0 Å². The van der Waals surface area contributed by atoms with Crippen LogP contribution in [0.2, 0.25) is 0 Å². The molecular formula is C21H17P. The molecule has 0 saturated heterocycles. The van der Waals surface area contributed by atoms with Gasteiger partial charge in [0.05, 0.1) is 0 Å². The zero-order chi connectivity index (χ0) is 15.2. The summed E-state index contributed by atoms with van der Waals surface area (Å²) in [6.45, 7) is 2.09. The summed E-state index contributed by atoms with van der Waals surface area (Å²) in [4.78, 5) is 0. The van der Waals surface area contributed by atoms with E-state index in [1.807, 2.05) is 0 Å². The molecule has 22 heavy (non-hydrogen) atoms. The summed E-state index contributed by atoms with van der Waals surface area (Å²) in [7, 11) is 0.698. The van der Waals surface area contributed by atoms with Crippen LogP contribution in [0.25, 0.3) is 0 Å².